The Morgan fingerprint density at radius 3 is 1.50 bits per heavy atom. The minimum absolute atomic E-state index is 0.542. The summed E-state index contributed by atoms with van der Waals surface area (Å²) in [7, 11) is 0. The minimum Gasteiger partial charge on any atom is -0.122 e. The highest BCUT2D eigenvalue weighted by molar-refractivity contribution is 9.10. The molecule has 0 nitrogen and oxygen atoms in total. The van der Waals surface area contributed by atoms with Crippen LogP contribution in [0.25, 0.3) is 0 Å². The zero-order valence-electron chi connectivity index (χ0n) is 8.55. The lowest BCUT2D eigenvalue weighted by atomic mass is 9.95. The molecule has 0 atom stereocenters. The molecule has 1 aromatic carbocycles. The molecule has 0 aliphatic rings. The molecule has 0 aliphatic heterocycles. The summed E-state index contributed by atoms with van der Waals surface area (Å²) < 4.78 is 1.13. The monoisotopic (exact) mass is 294 g/mol. The molecule has 0 spiro atoms. The van der Waals surface area contributed by atoms with Gasteiger partial charge in [-0.15, -0.1) is 23.2 Å². The molecular formula is C11H13BrCl2. The second-order valence-corrected chi connectivity index (χ2v) is 4.74. The summed E-state index contributed by atoms with van der Waals surface area (Å²) in [6.07, 6.45) is 0. The van der Waals surface area contributed by atoms with E-state index >= 15 is 0 Å². The van der Waals surface area contributed by atoms with Crippen LogP contribution in [0.15, 0.2) is 4.47 Å². The van der Waals surface area contributed by atoms with Crippen molar-refractivity contribution in [3.05, 3.63) is 32.3 Å². The van der Waals surface area contributed by atoms with Crippen LogP contribution < -0.4 is 0 Å². The molecule has 0 amide bonds. The summed E-state index contributed by atoms with van der Waals surface area (Å²) in [5.74, 6) is 1.08. The molecule has 0 aliphatic carbocycles. The Kier molecular flexibility index (Phi) is 4.30. The standard InChI is InChI=1S/C11H13BrCl2/c1-6-9(4-13)7(2)11(12)8(3)10(6)5-14/h4-5H2,1-3H3. The summed E-state index contributed by atoms with van der Waals surface area (Å²) in [4.78, 5) is 0. The van der Waals surface area contributed by atoms with Crippen molar-refractivity contribution >= 4 is 39.1 Å². The Labute approximate surface area is 104 Å². The van der Waals surface area contributed by atoms with E-state index in [9.17, 15) is 0 Å². The normalized spacial score (nSPS) is 10.7. The predicted octanol–water partition coefficient (Wildman–Crippen LogP) is 4.85. The molecular weight excluding hydrogens is 283 g/mol. The smallest absolute Gasteiger partial charge is 0.0479 e. The minimum atomic E-state index is 0.542. The molecule has 1 aromatic rings. The lowest BCUT2D eigenvalue weighted by molar-refractivity contribution is 1.13. The van der Waals surface area contributed by atoms with Gasteiger partial charge in [-0.2, -0.15) is 0 Å². The first-order valence-electron chi connectivity index (χ1n) is 4.43. The van der Waals surface area contributed by atoms with E-state index in [2.05, 4.69) is 36.7 Å². The molecule has 3 heteroatoms. The fourth-order valence-electron chi connectivity index (χ4n) is 1.69. The van der Waals surface area contributed by atoms with Crippen LogP contribution in [0.3, 0.4) is 0 Å². The Morgan fingerprint density at radius 1 is 0.857 bits per heavy atom. The van der Waals surface area contributed by atoms with Crippen LogP contribution in [0.1, 0.15) is 27.8 Å². The topological polar surface area (TPSA) is 0 Å². The Balaban J connectivity index is 3.56. The second-order valence-electron chi connectivity index (χ2n) is 3.41. The lowest BCUT2D eigenvalue weighted by Gasteiger charge is -2.16. The molecule has 1 rings (SSSR count). The van der Waals surface area contributed by atoms with Crippen molar-refractivity contribution in [1.29, 1.82) is 0 Å². The van der Waals surface area contributed by atoms with Crippen molar-refractivity contribution in [2.45, 2.75) is 32.5 Å². The van der Waals surface area contributed by atoms with E-state index in [1.165, 1.54) is 27.8 Å². The molecule has 0 saturated carbocycles. The number of alkyl halides is 2. The second kappa shape index (κ2) is 4.87. The Bertz CT molecular complexity index is 328. The van der Waals surface area contributed by atoms with E-state index in [0.717, 1.165) is 4.47 Å². The number of rotatable bonds is 2. The lowest BCUT2D eigenvalue weighted by Crippen LogP contribution is -2.00. The van der Waals surface area contributed by atoms with Gasteiger partial charge in [0, 0.05) is 16.2 Å². The maximum atomic E-state index is 5.93. The van der Waals surface area contributed by atoms with E-state index in [-0.39, 0.29) is 0 Å². The molecule has 78 valence electrons. The van der Waals surface area contributed by atoms with Gasteiger partial charge < -0.3 is 0 Å². The molecule has 0 N–H and O–H groups in total. The first kappa shape index (κ1) is 12.4. The quantitative estimate of drug-likeness (QED) is 0.684. The number of hydrogen-bond donors (Lipinski definition) is 0. The highest BCUT2D eigenvalue weighted by atomic mass is 79.9. The molecule has 0 fully saturated rings. The van der Waals surface area contributed by atoms with Crippen LogP contribution in [0.5, 0.6) is 0 Å². The summed E-state index contributed by atoms with van der Waals surface area (Å²) in [5.41, 5.74) is 6.07. The zero-order valence-corrected chi connectivity index (χ0v) is 11.6. The number of benzene rings is 1. The fraction of sp³-hybridized carbons (Fsp3) is 0.455. The molecule has 0 heterocycles. The average molecular weight is 296 g/mol. The van der Waals surface area contributed by atoms with Gasteiger partial charge >= 0.3 is 0 Å². The van der Waals surface area contributed by atoms with Gasteiger partial charge in [-0.1, -0.05) is 15.9 Å². The first-order chi connectivity index (χ1) is 6.54. The molecule has 0 aromatic heterocycles. The van der Waals surface area contributed by atoms with Crippen molar-refractivity contribution < 1.29 is 0 Å². The van der Waals surface area contributed by atoms with E-state index in [0.29, 0.717) is 11.8 Å². The summed E-state index contributed by atoms with van der Waals surface area (Å²) in [6.45, 7) is 6.25. The van der Waals surface area contributed by atoms with Gasteiger partial charge in [0.15, 0.2) is 0 Å². The van der Waals surface area contributed by atoms with Crippen molar-refractivity contribution in [2.24, 2.45) is 0 Å². The van der Waals surface area contributed by atoms with Gasteiger partial charge in [0.1, 0.15) is 0 Å². The van der Waals surface area contributed by atoms with Crippen LogP contribution >= 0.6 is 39.1 Å². The highest BCUT2D eigenvalue weighted by Crippen LogP contribution is 2.32. The first-order valence-corrected chi connectivity index (χ1v) is 6.29. The average Bonchev–Trinajstić information content (AvgIpc) is 2.16. The van der Waals surface area contributed by atoms with Crippen LogP contribution in [0, 0.1) is 20.8 Å². The summed E-state index contributed by atoms with van der Waals surface area (Å²) >= 11 is 15.4. The van der Waals surface area contributed by atoms with Gasteiger partial charge in [-0.3, -0.25) is 0 Å². The third-order valence-electron chi connectivity index (χ3n) is 2.74. The van der Waals surface area contributed by atoms with Crippen molar-refractivity contribution in [3.8, 4) is 0 Å². The predicted molar refractivity (Wildman–Crippen MR) is 67.5 cm³/mol. The van der Waals surface area contributed by atoms with E-state index in [1.54, 1.807) is 0 Å². The Morgan fingerprint density at radius 2 is 1.21 bits per heavy atom. The number of halogens is 3. The fourth-order valence-corrected chi connectivity index (χ4v) is 2.97. The molecule has 0 unspecified atom stereocenters. The molecule has 0 radical (unpaired) electrons. The van der Waals surface area contributed by atoms with Crippen molar-refractivity contribution in [3.63, 3.8) is 0 Å². The van der Waals surface area contributed by atoms with Crippen LogP contribution in [-0.2, 0) is 11.8 Å². The van der Waals surface area contributed by atoms with Crippen molar-refractivity contribution in [1.82, 2.24) is 0 Å². The molecule has 14 heavy (non-hydrogen) atoms. The van der Waals surface area contributed by atoms with Crippen molar-refractivity contribution in [2.75, 3.05) is 0 Å². The van der Waals surface area contributed by atoms with E-state index in [1.807, 2.05) is 0 Å². The highest BCUT2D eigenvalue weighted by Gasteiger charge is 2.13. The van der Waals surface area contributed by atoms with Crippen LogP contribution in [-0.4, -0.2) is 0 Å². The van der Waals surface area contributed by atoms with E-state index < -0.39 is 0 Å². The largest absolute Gasteiger partial charge is 0.122 e. The molecule has 0 saturated heterocycles. The summed E-state index contributed by atoms with van der Waals surface area (Å²) in [6, 6.07) is 0. The van der Waals surface area contributed by atoms with E-state index in [4.69, 9.17) is 23.2 Å². The Hall–Kier alpha value is 0.280. The van der Waals surface area contributed by atoms with Crippen LogP contribution in [0.2, 0.25) is 0 Å². The van der Waals surface area contributed by atoms with Gasteiger partial charge in [0.05, 0.1) is 0 Å². The van der Waals surface area contributed by atoms with Gasteiger partial charge in [-0.25, -0.2) is 0 Å². The zero-order chi connectivity index (χ0) is 10.9. The van der Waals surface area contributed by atoms with Gasteiger partial charge in [0.2, 0.25) is 0 Å². The maximum absolute atomic E-state index is 5.93. The maximum Gasteiger partial charge on any atom is 0.0479 e. The third-order valence-corrected chi connectivity index (χ3v) is 4.46. The van der Waals surface area contributed by atoms with Crippen LogP contribution in [0.4, 0.5) is 0 Å². The third kappa shape index (κ3) is 1.95. The van der Waals surface area contributed by atoms with Gasteiger partial charge in [-0.05, 0) is 48.6 Å². The summed E-state index contributed by atoms with van der Waals surface area (Å²) in [5, 5.41) is 0. The van der Waals surface area contributed by atoms with Gasteiger partial charge in [0.25, 0.3) is 0 Å². The SMILES string of the molecule is Cc1c(Br)c(C)c(CCl)c(C)c1CCl. The number of hydrogen-bond acceptors (Lipinski definition) is 0. The molecule has 0 bridgehead atoms.